The van der Waals surface area contributed by atoms with E-state index < -0.39 is 19.1 Å². The highest BCUT2D eigenvalue weighted by Crippen LogP contribution is 2.26. The summed E-state index contributed by atoms with van der Waals surface area (Å²) in [6.07, 6.45) is -2.47. The highest BCUT2D eigenvalue weighted by Gasteiger charge is 2.18. The van der Waals surface area contributed by atoms with Crippen LogP contribution >= 0.6 is 0 Å². The second-order valence-electron chi connectivity index (χ2n) is 6.51. The van der Waals surface area contributed by atoms with Crippen LogP contribution in [0.25, 0.3) is 0 Å². The summed E-state index contributed by atoms with van der Waals surface area (Å²) in [5.74, 6) is -0.239. The Morgan fingerprint density at radius 1 is 1.21 bits per heavy atom. The van der Waals surface area contributed by atoms with Gasteiger partial charge in [-0.1, -0.05) is 0 Å². The first-order chi connectivity index (χ1) is 13.7. The fourth-order valence-corrected chi connectivity index (χ4v) is 2.73. The molecule has 0 aliphatic heterocycles. The summed E-state index contributed by atoms with van der Waals surface area (Å²) in [6.45, 7) is 4.17. The number of carbonyl (C=O) groups is 2. The van der Waals surface area contributed by atoms with Crippen molar-refractivity contribution in [2.24, 2.45) is 0 Å². The number of hydrogen-bond donors (Lipinski definition) is 1. The third-order valence-corrected chi connectivity index (χ3v) is 3.93. The highest BCUT2D eigenvalue weighted by atomic mass is 19.3. The molecule has 156 valence electrons. The number of carbonyl (C=O) groups excluding carboxylic acids is 2. The Bertz CT molecular complexity index is 890. The van der Waals surface area contributed by atoms with Crippen molar-refractivity contribution in [3.8, 4) is 11.8 Å². The molecule has 1 atom stereocenters. The molecule has 0 aromatic carbocycles. The van der Waals surface area contributed by atoms with Crippen LogP contribution in [0.5, 0.6) is 11.8 Å². The van der Waals surface area contributed by atoms with E-state index in [0.717, 1.165) is 0 Å². The average Bonchev–Trinajstić information content (AvgIpc) is 2.64. The number of aromatic nitrogens is 2. The Morgan fingerprint density at radius 3 is 2.55 bits per heavy atom. The van der Waals surface area contributed by atoms with Crippen molar-refractivity contribution in [2.75, 3.05) is 13.7 Å². The van der Waals surface area contributed by atoms with Crippen molar-refractivity contribution >= 4 is 11.7 Å². The maximum Gasteiger partial charge on any atom is 0.272 e. The first kappa shape index (κ1) is 22.2. The van der Waals surface area contributed by atoms with Gasteiger partial charge in [-0.25, -0.2) is 8.78 Å². The van der Waals surface area contributed by atoms with Gasteiger partial charge in [-0.2, -0.15) is 4.98 Å². The largest absolute Gasteiger partial charge is 0.481 e. The fourth-order valence-electron chi connectivity index (χ4n) is 2.73. The summed E-state index contributed by atoms with van der Waals surface area (Å²) in [7, 11) is 1.39. The van der Waals surface area contributed by atoms with Crippen LogP contribution in [0.4, 0.5) is 8.78 Å². The van der Waals surface area contributed by atoms with E-state index in [-0.39, 0.29) is 29.9 Å². The number of halogens is 2. The summed E-state index contributed by atoms with van der Waals surface area (Å²) in [5, 5.41) is 2.83. The topological polar surface area (TPSA) is 90.4 Å². The first-order valence-electron chi connectivity index (χ1n) is 8.93. The van der Waals surface area contributed by atoms with E-state index in [2.05, 4.69) is 15.3 Å². The number of pyridine rings is 2. The van der Waals surface area contributed by atoms with E-state index >= 15 is 0 Å². The van der Waals surface area contributed by atoms with Crippen LogP contribution in [-0.2, 0) is 11.2 Å². The lowest BCUT2D eigenvalue weighted by Crippen LogP contribution is -2.27. The lowest BCUT2D eigenvalue weighted by Gasteiger charge is -2.18. The van der Waals surface area contributed by atoms with Gasteiger partial charge in [0.25, 0.3) is 12.3 Å². The lowest BCUT2D eigenvalue weighted by molar-refractivity contribution is -0.116. The van der Waals surface area contributed by atoms with Crippen molar-refractivity contribution in [3.05, 3.63) is 46.8 Å². The van der Waals surface area contributed by atoms with Gasteiger partial charge in [-0.3, -0.25) is 14.6 Å². The third-order valence-electron chi connectivity index (χ3n) is 3.93. The molecule has 0 aliphatic rings. The normalized spacial score (nSPS) is 11.8. The number of alkyl halides is 2. The first-order valence-corrected chi connectivity index (χ1v) is 8.93. The van der Waals surface area contributed by atoms with Crippen LogP contribution in [0, 0.1) is 6.92 Å². The van der Waals surface area contributed by atoms with Gasteiger partial charge in [0.1, 0.15) is 5.78 Å². The van der Waals surface area contributed by atoms with Gasteiger partial charge in [-0.05, 0) is 39.0 Å². The fraction of sp³-hybridized carbons (Fsp3) is 0.400. The number of amides is 1. The molecule has 7 nitrogen and oxygen atoms in total. The zero-order valence-electron chi connectivity index (χ0n) is 16.7. The third kappa shape index (κ3) is 6.48. The highest BCUT2D eigenvalue weighted by molar-refractivity contribution is 5.95. The smallest absolute Gasteiger partial charge is 0.272 e. The van der Waals surface area contributed by atoms with E-state index in [9.17, 15) is 18.4 Å². The number of hydrogen-bond acceptors (Lipinski definition) is 6. The van der Waals surface area contributed by atoms with Gasteiger partial charge in [-0.15, -0.1) is 0 Å². The summed E-state index contributed by atoms with van der Waals surface area (Å²) in [5.41, 5.74) is 2.08. The van der Waals surface area contributed by atoms with Crippen molar-refractivity contribution in [3.63, 3.8) is 0 Å². The summed E-state index contributed by atoms with van der Waals surface area (Å²) in [6, 6.07) is 5.75. The Kier molecular flexibility index (Phi) is 7.58. The SMILES string of the molecule is COc1nc(OCC(F)F)ccc1C(C)NC(=O)c1cc(C)nc(CC(C)=O)c1. The number of nitrogens with zero attached hydrogens (tertiary/aromatic N) is 2. The molecular formula is C20H23F2N3O4. The number of ketones is 1. The predicted molar refractivity (Wildman–Crippen MR) is 102 cm³/mol. The zero-order valence-corrected chi connectivity index (χ0v) is 16.7. The quantitative estimate of drug-likeness (QED) is 0.687. The number of ether oxygens (including phenoxy) is 2. The minimum atomic E-state index is -2.61. The summed E-state index contributed by atoms with van der Waals surface area (Å²) >= 11 is 0. The molecule has 1 unspecified atom stereocenters. The van der Waals surface area contributed by atoms with Gasteiger partial charge in [0.05, 0.1) is 13.2 Å². The molecule has 0 aliphatic carbocycles. The van der Waals surface area contributed by atoms with Crippen LogP contribution in [-0.4, -0.2) is 41.8 Å². The van der Waals surface area contributed by atoms with E-state index in [1.807, 2.05) is 0 Å². The van der Waals surface area contributed by atoms with Crippen LogP contribution in [0.1, 0.15) is 47.2 Å². The Morgan fingerprint density at radius 2 is 1.93 bits per heavy atom. The van der Waals surface area contributed by atoms with Crippen molar-refractivity contribution in [2.45, 2.75) is 39.7 Å². The van der Waals surface area contributed by atoms with Crippen molar-refractivity contribution in [1.29, 1.82) is 0 Å². The molecular weight excluding hydrogens is 384 g/mol. The molecule has 2 aromatic heterocycles. The van der Waals surface area contributed by atoms with E-state index in [0.29, 0.717) is 22.5 Å². The molecule has 29 heavy (non-hydrogen) atoms. The Balaban J connectivity index is 2.17. The van der Waals surface area contributed by atoms with Crippen LogP contribution in [0.15, 0.2) is 24.3 Å². The minimum absolute atomic E-state index is 0.00283. The van der Waals surface area contributed by atoms with Gasteiger partial charge >= 0.3 is 0 Å². The van der Waals surface area contributed by atoms with E-state index in [4.69, 9.17) is 9.47 Å². The summed E-state index contributed by atoms with van der Waals surface area (Å²) in [4.78, 5) is 32.3. The number of Topliss-reactive ketones (excluding diaryl/α,β-unsaturated/α-hetero) is 1. The number of aryl methyl sites for hydroxylation is 1. The molecule has 0 saturated carbocycles. The minimum Gasteiger partial charge on any atom is -0.481 e. The molecule has 0 spiro atoms. The molecule has 2 aromatic rings. The number of methoxy groups -OCH3 is 1. The maximum absolute atomic E-state index is 12.7. The van der Waals surface area contributed by atoms with Crippen LogP contribution in [0.2, 0.25) is 0 Å². The monoisotopic (exact) mass is 407 g/mol. The summed E-state index contributed by atoms with van der Waals surface area (Å²) < 4.78 is 34.7. The molecule has 0 radical (unpaired) electrons. The number of rotatable bonds is 9. The molecule has 9 heteroatoms. The standard InChI is InChI=1S/C20H23F2N3O4/c1-11-7-14(9-15(23-11)8-12(2)26)19(27)24-13(3)16-5-6-18(25-20(16)28-4)29-10-17(21)22/h5-7,9,13,17H,8,10H2,1-4H3,(H,24,27). The predicted octanol–water partition coefficient (Wildman–Crippen LogP) is 3.06. The molecule has 0 saturated heterocycles. The molecule has 2 heterocycles. The van der Waals surface area contributed by atoms with Crippen molar-refractivity contribution < 1.29 is 27.8 Å². The van der Waals surface area contributed by atoms with E-state index in [1.54, 1.807) is 32.0 Å². The second kappa shape index (κ2) is 9.90. The van der Waals surface area contributed by atoms with Gasteiger partial charge < -0.3 is 14.8 Å². The molecule has 0 fully saturated rings. The molecule has 1 amide bonds. The van der Waals surface area contributed by atoms with Gasteiger partial charge in [0.2, 0.25) is 11.8 Å². The van der Waals surface area contributed by atoms with Gasteiger partial charge in [0.15, 0.2) is 6.61 Å². The van der Waals surface area contributed by atoms with Gasteiger partial charge in [0, 0.05) is 35.0 Å². The Labute approximate surface area is 167 Å². The lowest BCUT2D eigenvalue weighted by atomic mass is 10.1. The van der Waals surface area contributed by atoms with Crippen molar-refractivity contribution in [1.82, 2.24) is 15.3 Å². The molecule has 0 bridgehead atoms. The zero-order chi connectivity index (χ0) is 21.6. The Hall–Kier alpha value is -3.10. The van der Waals surface area contributed by atoms with Crippen LogP contribution in [0.3, 0.4) is 0 Å². The van der Waals surface area contributed by atoms with Crippen LogP contribution < -0.4 is 14.8 Å². The second-order valence-corrected chi connectivity index (χ2v) is 6.51. The number of nitrogens with one attached hydrogen (secondary N) is 1. The molecule has 2 rings (SSSR count). The maximum atomic E-state index is 12.7. The molecule has 1 N–H and O–H groups in total. The van der Waals surface area contributed by atoms with E-state index in [1.165, 1.54) is 20.1 Å². The average molecular weight is 407 g/mol.